The molecule has 0 amide bonds. The molecular weight excluding hydrogens is 252 g/mol. The zero-order valence-corrected chi connectivity index (χ0v) is 11.1. The summed E-state index contributed by atoms with van der Waals surface area (Å²) in [5, 5.41) is 12.0. The van der Waals surface area contributed by atoms with Crippen molar-refractivity contribution < 1.29 is 14.6 Å². The highest BCUT2D eigenvalue weighted by Gasteiger charge is 2.68. The zero-order chi connectivity index (χ0) is 13.8. The predicted octanol–water partition coefficient (Wildman–Crippen LogP) is 2.97. The van der Waals surface area contributed by atoms with Crippen LogP contribution in [0.4, 0.5) is 0 Å². The Kier molecular flexibility index (Phi) is 2.28. The van der Waals surface area contributed by atoms with E-state index < -0.39 is 11.4 Å². The molecule has 2 aromatic rings. The number of fused-ring (bicyclic) bond motifs is 1. The molecule has 3 nitrogen and oxygen atoms in total. The van der Waals surface area contributed by atoms with Gasteiger partial charge in [0.05, 0.1) is 24.0 Å². The second-order valence-corrected chi connectivity index (χ2v) is 6.02. The van der Waals surface area contributed by atoms with E-state index in [0.29, 0.717) is 13.2 Å². The van der Waals surface area contributed by atoms with Gasteiger partial charge in [-0.15, -0.1) is 0 Å². The molecule has 1 aliphatic heterocycles. The van der Waals surface area contributed by atoms with Crippen LogP contribution in [-0.4, -0.2) is 24.3 Å². The third kappa shape index (κ3) is 1.36. The first-order chi connectivity index (χ1) is 9.68. The van der Waals surface area contributed by atoms with Crippen LogP contribution in [0.1, 0.15) is 18.4 Å². The second-order valence-electron chi connectivity index (χ2n) is 6.02. The summed E-state index contributed by atoms with van der Waals surface area (Å²) in [4.78, 5) is 11.7. The maximum absolute atomic E-state index is 11.7. The minimum Gasteiger partial charge on any atom is -0.481 e. The Morgan fingerprint density at radius 1 is 1.05 bits per heavy atom. The topological polar surface area (TPSA) is 46.5 Å². The van der Waals surface area contributed by atoms with Crippen LogP contribution in [-0.2, 0) is 14.9 Å². The monoisotopic (exact) mass is 268 g/mol. The summed E-state index contributed by atoms with van der Waals surface area (Å²) in [7, 11) is 0. The number of ether oxygens (including phenoxy) is 1. The van der Waals surface area contributed by atoms with Gasteiger partial charge in [0, 0.05) is 0 Å². The van der Waals surface area contributed by atoms with E-state index in [-0.39, 0.29) is 5.41 Å². The molecule has 102 valence electrons. The van der Waals surface area contributed by atoms with Crippen molar-refractivity contribution in [3.8, 4) is 0 Å². The third-order valence-electron chi connectivity index (χ3n) is 5.07. The Morgan fingerprint density at radius 3 is 2.30 bits per heavy atom. The number of carbonyl (C=O) groups is 1. The molecule has 1 saturated carbocycles. The van der Waals surface area contributed by atoms with Crippen molar-refractivity contribution in [3.05, 3.63) is 48.0 Å². The third-order valence-corrected chi connectivity index (χ3v) is 5.07. The van der Waals surface area contributed by atoms with E-state index >= 15 is 0 Å². The number of carboxylic acid groups (broad SMARTS) is 1. The SMILES string of the molecule is O=C(O)C1(C2(c3ccc4ccccc4c3)COC2)CC1. The fourth-order valence-corrected chi connectivity index (χ4v) is 3.53. The van der Waals surface area contributed by atoms with Gasteiger partial charge in [0.1, 0.15) is 0 Å². The molecular formula is C17H16O3. The van der Waals surface area contributed by atoms with Gasteiger partial charge in [0.15, 0.2) is 0 Å². The Morgan fingerprint density at radius 2 is 1.75 bits per heavy atom. The lowest BCUT2D eigenvalue weighted by atomic mass is 9.66. The van der Waals surface area contributed by atoms with Gasteiger partial charge in [-0.1, -0.05) is 42.5 Å². The highest BCUT2D eigenvalue weighted by Crippen LogP contribution is 2.62. The lowest BCUT2D eigenvalue weighted by Gasteiger charge is -2.46. The smallest absolute Gasteiger partial charge is 0.310 e. The maximum Gasteiger partial charge on any atom is 0.310 e. The summed E-state index contributed by atoms with van der Waals surface area (Å²) >= 11 is 0. The van der Waals surface area contributed by atoms with Gasteiger partial charge in [-0.3, -0.25) is 4.79 Å². The molecule has 0 atom stereocenters. The highest BCUT2D eigenvalue weighted by atomic mass is 16.5. The van der Waals surface area contributed by atoms with Gasteiger partial charge in [0.2, 0.25) is 0 Å². The molecule has 1 N–H and O–H groups in total. The van der Waals surface area contributed by atoms with Crippen molar-refractivity contribution in [2.75, 3.05) is 13.2 Å². The van der Waals surface area contributed by atoms with Crippen LogP contribution in [0.25, 0.3) is 10.8 Å². The molecule has 0 spiro atoms. The van der Waals surface area contributed by atoms with Crippen molar-refractivity contribution in [1.82, 2.24) is 0 Å². The van der Waals surface area contributed by atoms with Crippen LogP contribution in [0.3, 0.4) is 0 Å². The Labute approximate surface area is 117 Å². The molecule has 3 heteroatoms. The van der Waals surface area contributed by atoms with E-state index in [1.807, 2.05) is 12.1 Å². The average molecular weight is 268 g/mol. The van der Waals surface area contributed by atoms with Crippen molar-refractivity contribution in [2.24, 2.45) is 5.41 Å². The Hall–Kier alpha value is -1.87. The number of rotatable bonds is 3. The van der Waals surface area contributed by atoms with Gasteiger partial charge in [0.25, 0.3) is 0 Å². The van der Waals surface area contributed by atoms with E-state index in [1.54, 1.807) is 0 Å². The van der Waals surface area contributed by atoms with Crippen LogP contribution in [0.15, 0.2) is 42.5 Å². The number of benzene rings is 2. The van der Waals surface area contributed by atoms with Crippen molar-refractivity contribution >= 4 is 16.7 Å². The fourth-order valence-electron chi connectivity index (χ4n) is 3.53. The van der Waals surface area contributed by atoms with Crippen LogP contribution in [0.5, 0.6) is 0 Å². The van der Waals surface area contributed by atoms with Crippen LogP contribution >= 0.6 is 0 Å². The van der Waals surface area contributed by atoms with E-state index in [9.17, 15) is 9.90 Å². The molecule has 0 bridgehead atoms. The molecule has 20 heavy (non-hydrogen) atoms. The minimum absolute atomic E-state index is 0.330. The van der Waals surface area contributed by atoms with Gasteiger partial charge >= 0.3 is 5.97 Å². The van der Waals surface area contributed by atoms with Crippen LogP contribution in [0.2, 0.25) is 0 Å². The largest absolute Gasteiger partial charge is 0.481 e. The summed E-state index contributed by atoms with van der Waals surface area (Å²) in [6, 6.07) is 14.5. The molecule has 2 aliphatic rings. The fraction of sp³-hybridized carbons (Fsp3) is 0.353. The molecule has 0 unspecified atom stereocenters. The molecule has 2 aromatic carbocycles. The molecule has 0 radical (unpaired) electrons. The maximum atomic E-state index is 11.7. The standard InChI is InChI=1S/C17H16O3/c18-15(19)16(7-8-16)17(10-20-11-17)14-6-5-12-3-1-2-4-13(12)9-14/h1-6,9H,7-8,10-11H2,(H,18,19). The molecule has 1 heterocycles. The normalized spacial score (nSPS) is 22.2. The highest BCUT2D eigenvalue weighted by molar-refractivity contribution is 5.85. The van der Waals surface area contributed by atoms with Gasteiger partial charge < -0.3 is 9.84 Å². The van der Waals surface area contributed by atoms with Gasteiger partial charge in [-0.25, -0.2) is 0 Å². The molecule has 1 aliphatic carbocycles. The van der Waals surface area contributed by atoms with Crippen LogP contribution < -0.4 is 0 Å². The first kappa shape index (κ1) is 11.9. The Bertz CT molecular complexity index is 696. The lowest BCUT2D eigenvalue weighted by Crippen LogP contribution is -2.56. The summed E-state index contributed by atoms with van der Waals surface area (Å²) < 4.78 is 5.42. The predicted molar refractivity (Wildman–Crippen MR) is 75.7 cm³/mol. The van der Waals surface area contributed by atoms with Crippen LogP contribution in [0, 0.1) is 5.41 Å². The van der Waals surface area contributed by atoms with E-state index in [1.165, 1.54) is 5.39 Å². The van der Waals surface area contributed by atoms with Crippen molar-refractivity contribution in [1.29, 1.82) is 0 Å². The van der Waals surface area contributed by atoms with E-state index in [2.05, 4.69) is 30.3 Å². The average Bonchev–Trinajstić information content (AvgIpc) is 3.19. The number of hydrogen-bond acceptors (Lipinski definition) is 2. The molecule has 2 fully saturated rings. The van der Waals surface area contributed by atoms with Gasteiger partial charge in [-0.05, 0) is 29.2 Å². The summed E-state index contributed by atoms with van der Waals surface area (Å²) in [5.41, 5.74) is 0.179. The van der Waals surface area contributed by atoms with E-state index in [0.717, 1.165) is 23.8 Å². The first-order valence-corrected chi connectivity index (χ1v) is 6.98. The number of aliphatic carboxylic acids is 1. The second kappa shape index (κ2) is 3.83. The minimum atomic E-state index is -0.672. The Balaban J connectivity index is 1.86. The van der Waals surface area contributed by atoms with Gasteiger partial charge in [-0.2, -0.15) is 0 Å². The molecule has 4 rings (SSSR count). The van der Waals surface area contributed by atoms with Crippen molar-refractivity contribution in [3.63, 3.8) is 0 Å². The van der Waals surface area contributed by atoms with E-state index in [4.69, 9.17) is 4.74 Å². The quantitative estimate of drug-likeness (QED) is 0.931. The first-order valence-electron chi connectivity index (χ1n) is 6.98. The molecule has 0 aromatic heterocycles. The number of carboxylic acids is 1. The summed E-state index contributed by atoms with van der Waals surface area (Å²) in [6.07, 6.45) is 1.52. The number of hydrogen-bond donors (Lipinski definition) is 1. The summed E-state index contributed by atoms with van der Waals surface area (Å²) in [6.45, 7) is 1.05. The van der Waals surface area contributed by atoms with Crippen molar-refractivity contribution in [2.45, 2.75) is 18.3 Å². The lowest BCUT2D eigenvalue weighted by molar-refractivity contribution is -0.161. The molecule has 1 saturated heterocycles. The zero-order valence-electron chi connectivity index (χ0n) is 11.1. The summed E-state index contributed by atoms with van der Waals surface area (Å²) in [5.74, 6) is -0.672.